The Hall–Kier alpha value is -18.1. The van der Waals surface area contributed by atoms with Crippen molar-refractivity contribution in [3.8, 4) is 79.8 Å². The van der Waals surface area contributed by atoms with E-state index < -0.39 is 72.5 Å². The van der Waals surface area contributed by atoms with E-state index in [9.17, 15) is 0 Å². The van der Waals surface area contributed by atoms with Crippen molar-refractivity contribution in [2.75, 3.05) is 0 Å². The summed E-state index contributed by atoms with van der Waals surface area (Å²) in [5.74, 6) is 0.729. The summed E-state index contributed by atoms with van der Waals surface area (Å²) in [5, 5.41) is 13.4. The summed E-state index contributed by atoms with van der Waals surface area (Å²) < 4.78 is 175. The van der Waals surface area contributed by atoms with Crippen LogP contribution in [0.25, 0.3) is 272 Å². The number of rotatable bonds is 10. The van der Waals surface area contributed by atoms with Crippen molar-refractivity contribution in [1.82, 2.24) is 57.3 Å². The Morgan fingerprint density at radius 1 is 0.163 bits per heavy atom. The number of para-hydroxylation sites is 12. The van der Waals surface area contributed by atoms with Crippen LogP contribution in [0, 0.1) is 0 Å². The number of hydrogen-bond acceptors (Lipinski definition) is 9. The minimum atomic E-state index is -0.588. The summed E-state index contributed by atoms with van der Waals surface area (Å²) in [5.41, 5.74) is 18.9. The highest BCUT2D eigenvalue weighted by atomic mass is 32.1. The molecule has 0 unspecified atom stereocenters. The molecule has 0 fully saturated rings. The van der Waals surface area contributed by atoms with Crippen molar-refractivity contribution >= 4 is 226 Å². The molecule has 0 bridgehead atoms. The van der Waals surface area contributed by atoms with Crippen LogP contribution in [0.3, 0.4) is 0 Å². The Labute approximate surface area is 842 Å². The van der Waals surface area contributed by atoms with Crippen molar-refractivity contribution < 1.29 is 24.7 Å². The van der Waals surface area contributed by atoms with Crippen LogP contribution in [0.5, 0.6) is 0 Å². The van der Waals surface area contributed by atoms with Gasteiger partial charge in [0.1, 0.15) is 0 Å². The van der Waals surface area contributed by atoms with Crippen LogP contribution in [-0.4, -0.2) is 57.3 Å². The fourth-order valence-corrected chi connectivity index (χ4v) is 25.0. The molecular weight excluding hydrogens is 1780 g/mol. The third-order valence-electron chi connectivity index (χ3n) is 26.9. The van der Waals surface area contributed by atoms with Gasteiger partial charge in [0.15, 0.2) is 0 Å². The minimum absolute atomic E-state index is 0.0296. The number of thiophene rings is 3. The lowest BCUT2D eigenvalue weighted by Gasteiger charge is -2.12. The largest absolute Gasteiger partial charge is 0.308 e. The minimum Gasteiger partial charge on any atom is -0.308 e. The van der Waals surface area contributed by atoms with Gasteiger partial charge in [0, 0.05) is 115 Å². The quantitative estimate of drug-likeness (QED) is 0.135. The maximum Gasteiger partial charge on any atom is 0.235 e. The lowest BCUT2D eigenvalue weighted by molar-refractivity contribution is 1.02. The van der Waals surface area contributed by atoms with Crippen molar-refractivity contribution in [1.29, 1.82) is 0 Å². The second-order valence-electron chi connectivity index (χ2n) is 34.5. The van der Waals surface area contributed by atoms with Gasteiger partial charge in [-0.15, -0.1) is 34.0 Å². The van der Waals surface area contributed by atoms with Gasteiger partial charge in [-0.25, -0.2) is 29.9 Å². The molecule has 658 valence electrons. The van der Waals surface area contributed by atoms with Crippen LogP contribution in [0.2, 0.25) is 0 Å². The Balaban J connectivity index is 0.000000110. The molecule has 0 amide bonds. The first-order valence-corrected chi connectivity index (χ1v) is 48.4. The van der Waals surface area contributed by atoms with Gasteiger partial charge in [-0.1, -0.05) is 370 Å². The van der Waals surface area contributed by atoms with Gasteiger partial charge in [-0.3, -0.25) is 13.7 Å². The van der Waals surface area contributed by atoms with Gasteiger partial charge < -0.3 is 13.7 Å². The molecule has 0 spiro atoms. The lowest BCUT2D eigenvalue weighted by Crippen LogP contribution is -2.03. The number of hydrogen-bond donors (Lipinski definition) is 0. The van der Waals surface area contributed by atoms with E-state index >= 15 is 0 Å². The van der Waals surface area contributed by atoms with Gasteiger partial charge in [-0.05, 0) is 102 Å². The molecule has 19 aromatic carbocycles. The van der Waals surface area contributed by atoms with E-state index in [1.807, 2.05) is 162 Å². The number of nitrogens with zero attached hydrogens (tertiary/aromatic N) is 12. The third kappa shape index (κ3) is 12.5. The van der Waals surface area contributed by atoms with E-state index in [0.29, 0.717) is 39.6 Å². The van der Waals surface area contributed by atoms with E-state index in [1.54, 1.807) is 34.0 Å². The van der Waals surface area contributed by atoms with Crippen LogP contribution in [0.4, 0.5) is 0 Å². The monoisotopic (exact) mass is 1870 g/mol. The van der Waals surface area contributed by atoms with Gasteiger partial charge in [0.05, 0.1) is 153 Å². The maximum atomic E-state index is 9.05. The second-order valence-corrected chi connectivity index (χ2v) is 37.6. The Bertz CT molecular complexity index is 11700. The number of fused-ring (bicyclic) bond motifs is 30. The SMILES string of the molecule is [2H]c1c([2H])c([2H])c(-c2nc(-n3c4ccccc4c4ccc5c(sc6c7ccccc7n(-c7ccccc7)c56)c43)nc3c([2H])c([2H])c([2H])c([2H])c23)c([2H])c1[2H].[2H]c1c([2H])c([2H])c(-c2nc(-n3c4ccccc4c4ccc5c(sc6c7ccccc7n(-c7ccccc7)c56)c43)nc3ccccc23)c([2H])c1[2H].[2H]c1c([2H])c([2H])c2c(-c3ccc(-c4ccccc4)cc3)nc(-n3c4ccccc4c4ccc5c(sc6c7ccccc7n(-c7ccccc7)c56)c43)nc2c1[2H]. The fraction of sp³-hybridized carbons (Fsp3) is 0. The normalized spacial score (nSPS) is 13.8. The number of aromatic nitrogens is 12. The molecule has 0 atom stereocenters. The standard InChI is InChI=1S/C46H28N4S.2C40H24N4S/c1-3-13-29(14-4-1)30-23-25-31(26-24-30)41-35-18-7-10-20-38(35)47-46(48-41)50-39-21-11-8-17-33(39)34-27-28-37-43-44(51-45(37)42(34)50)36-19-9-12-22-40(36)49(43)32-15-5-2-6-16-32;2*1-3-13-25(14-4-1)35-29-18-7-10-20-32(29)41-40(42-35)44-33-21-11-8-17-27(33)28-23-24-31-37-38(45-39(31)36(28)44)30-19-9-12-22-34(30)43(37)26-15-5-2-6-16-26/h1-28H;2*1-24H/i7D,10D,18D,20D;1D,3D,4D,7D,10D,13D,14D,18D,20D;1D,3D,4D,13D,14D. The molecule has 0 aliphatic heterocycles. The zero-order valence-corrected chi connectivity index (χ0v) is 76.5. The fourth-order valence-electron chi connectivity index (χ4n) is 20.9. The van der Waals surface area contributed by atoms with E-state index in [2.05, 4.69) is 217 Å². The summed E-state index contributed by atoms with van der Waals surface area (Å²) >= 11 is 5.14. The predicted molar refractivity (Wildman–Crippen MR) is 593 cm³/mol. The molecule has 12 aromatic heterocycles. The van der Waals surface area contributed by atoms with Gasteiger partial charge >= 0.3 is 0 Å². The van der Waals surface area contributed by atoms with Crippen molar-refractivity contribution in [2.24, 2.45) is 0 Å². The average Bonchev–Trinajstić information content (AvgIpc) is 1.54. The first-order chi connectivity index (χ1) is 77.5. The maximum absolute atomic E-state index is 9.05. The van der Waals surface area contributed by atoms with Gasteiger partial charge in [-0.2, -0.15) is 0 Å². The molecule has 0 aliphatic carbocycles. The number of benzene rings is 19. The lowest BCUT2D eigenvalue weighted by atomic mass is 10.0. The zero-order chi connectivity index (χ0) is 108. The summed E-state index contributed by atoms with van der Waals surface area (Å²) in [6, 6.07) is 111. The van der Waals surface area contributed by atoms with Crippen LogP contribution < -0.4 is 0 Å². The molecule has 141 heavy (non-hydrogen) atoms. The molecule has 0 saturated heterocycles. The van der Waals surface area contributed by atoms with E-state index in [4.69, 9.17) is 54.6 Å². The first kappa shape index (κ1) is 64.0. The molecular formula is C126H76N12S3. The smallest absolute Gasteiger partial charge is 0.235 e. The van der Waals surface area contributed by atoms with Crippen LogP contribution in [0.1, 0.15) is 24.7 Å². The highest BCUT2D eigenvalue weighted by molar-refractivity contribution is 7.28. The zero-order valence-electron chi connectivity index (χ0n) is 92.1. The summed E-state index contributed by atoms with van der Waals surface area (Å²) in [4.78, 5) is 30.2. The topological polar surface area (TPSA) is 107 Å². The summed E-state index contributed by atoms with van der Waals surface area (Å²) in [6.07, 6.45) is 0. The van der Waals surface area contributed by atoms with Crippen molar-refractivity contribution in [3.63, 3.8) is 0 Å². The molecule has 12 heterocycles. The molecule has 31 rings (SSSR count). The second kappa shape index (κ2) is 32.3. The predicted octanol–water partition coefficient (Wildman–Crippen LogP) is 33.8. The highest BCUT2D eigenvalue weighted by Gasteiger charge is 2.30. The molecule has 0 aliphatic rings. The molecule has 15 heteroatoms. The van der Waals surface area contributed by atoms with Gasteiger partial charge in [0.2, 0.25) is 17.8 Å². The molecule has 0 N–H and O–H groups in total. The molecule has 12 nitrogen and oxygen atoms in total. The highest BCUT2D eigenvalue weighted by Crippen LogP contribution is 2.53. The van der Waals surface area contributed by atoms with Crippen LogP contribution in [0.15, 0.2) is 461 Å². The first-order valence-electron chi connectivity index (χ1n) is 54.9. The summed E-state index contributed by atoms with van der Waals surface area (Å²) in [7, 11) is 0. The molecule has 0 radical (unpaired) electrons. The van der Waals surface area contributed by atoms with Gasteiger partial charge in [0.25, 0.3) is 0 Å². The molecule has 0 saturated carbocycles. The molecule has 31 aromatic rings. The Morgan fingerprint density at radius 3 is 0.794 bits per heavy atom. The average molecular weight is 1870 g/mol. The van der Waals surface area contributed by atoms with E-state index in [-0.39, 0.29) is 75.4 Å². The summed E-state index contributed by atoms with van der Waals surface area (Å²) in [6.45, 7) is 0. The Morgan fingerprint density at radius 2 is 0.418 bits per heavy atom. The van der Waals surface area contributed by atoms with Crippen molar-refractivity contribution in [2.45, 2.75) is 0 Å². The Kier molecular flexibility index (Phi) is 14.7. The van der Waals surface area contributed by atoms with Crippen molar-refractivity contribution in [3.05, 3.63) is 461 Å². The van der Waals surface area contributed by atoms with E-state index in [1.165, 1.54) is 20.2 Å². The van der Waals surface area contributed by atoms with E-state index in [0.717, 1.165) is 173 Å². The van der Waals surface area contributed by atoms with Crippen LogP contribution in [-0.2, 0) is 0 Å². The third-order valence-corrected chi connectivity index (χ3v) is 30.6. The van der Waals surface area contributed by atoms with Crippen LogP contribution >= 0.6 is 34.0 Å².